The Morgan fingerprint density at radius 2 is 2.05 bits per heavy atom. The van der Waals surface area contributed by atoms with Gasteiger partial charge in [0.1, 0.15) is 5.75 Å². The molecule has 0 atom stereocenters. The summed E-state index contributed by atoms with van der Waals surface area (Å²) in [6, 6.07) is 5.89. The Labute approximate surface area is 121 Å². The van der Waals surface area contributed by atoms with E-state index >= 15 is 0 Å². The maximum Gasteiger partial charge on any atom is 0.387 e. The van der Waals surface area contributed by atoms with Gasteiger partial charge in [0.25, 0.3) is 0 Å². The summed E-state index contributed by atoms with van der Waals surface area (Å²) >= 11 is 0. The minimum Gasteiger partial charge on any atom is -0.434 e. The molecule has 1 aliphatic rings. The predicted octanol–water partition coefficient (Wildman–Crippen LogP) is 1.86. The van der Waals surface area contributed by atoms with Gasteiger partial charge in [0, 0.05) is 24.1 Å². The molecule has 0 heterocycles. The van der Waals surface area contributed by atoms with Crippen LogP contribution >= 0.6 is 0 Å². The Kier molecular flexibility index (Phi) is 4.95. The van der Waals surface area contributed by atoms with Gasteiger partial charge in [0.15, 0.2) is 0 Å². The molecule has 0 bridgehead atoms. The molecule has 2 amide bonds. The first-order valence-electron chi connectivity index (χ1n) is 6.70. The second-order valence-corrected chi connectivity index (χ2v) is 5.18. The number of rotatable bonds is 7. The van der Waals surface area contributed by atoms with E-state index in [4.69, 9.17) is 5.11 Å². The number of halogens is 2. The number of carbonyl (C=O) groups excluding carboxylic acids is 1. The molecule has 7 heteroatoms. The number of benzene rings is 1. The maximum atomic E-state index is 12.3. The van der Waals surface area contributed by atoms with Gasteiger partial charge in [-0.25, -0.2) is 4.79 Å². The highest BCUT2D eigenvalue weighted by molar-refractivity contribution is 5.74. The van der Waals surface area contributed by atoms with Crippen molar-refractivity contribution < 1.29 is 23.4 Å². The minimum absolute atomic E-state index is 0.0434. The standard InChI is InChI=1S/C14H18F2N2O3/c15-12(16)21-11-4-2-1-3-10(11)7-17-13(20)18-8-14(9-19)5-6-14/h1-4,12,19H,5-9H2,(H2,17,18,20). The van der Waals surface area contributed by atoms with Crippen molar-refractivity contribution in [2.45, 2.75) is 26.0 Å². The largest absolute Gasteiger partial charge is 0.434 e. The second-order valence-electron chi connectivity index (χ2n) is 5.18. The molecular weight excluding hydrogens is 282 g/mol. The van der Waals surface area contributed by atoms with Crippen molar-refractivity contribution in [3.05, 3.63) is 29.8 Å². The summed E-state index contributed by atoms with van der Waals surface area (Å²) in [6.07, 6.45) is 1.80. The summed E-state index contributed by atoms with van der Waals surface area (Å²) in [5.74, 6) is 0.0434. The van der Waals surface area contributed by atoms with Crippen molar-refractivity contribution in [2.75, 3.05) is 13.2 Å². The van der Waals surface area contributed by atoms with Crippen LogP contribution in [0.25, 0.3) is 0 Å². The Bertz CT molecular complexity index is 493. The minimum atomic E-state index is -2.90. The van der Waals surface area contributed by atoms with Gasteiger partial charge in [-0.2, -0.15) is 8.78 Å². The maximum absolute atomic E-state index is 12.3. The van der Waals surface area contributed by atoms with Crippen LogP contribution in [0.3, 0.4) is 0 Å². The van der Waals surface area contributed by atoms with Crippen molar-refractivity contribution in [1.82, 2.24) is 10.6 Å². The first kappa shape index (κ1) is 15.5. The first-order chi connectivity index (χ1) is 10.0. The highest BCUT2D eigenvalue weighted by Crippen LogP contribution is 2.44. The van der Waals surface area contributed by atoms with Crippen LogP contribution in [-0.2, 0) is 6.54 Å². The summed E-state index contributed by atoms with van der Waals surface area (Å²) in [5.41, 5.74) is 0.296. The summed E-state index contributed by atoms with van der Waals surface area (Å²) < 4.78 is 28.9. The van der Waals surface area contributed by atoms with E-state index in [1.165, 1.54) is 6.07 Å². The lowest BCUT2D eigenvalue weighted by atomic mass is 10.1. The van der Waals surface area contributed by atoms with Crippen molar-refractivity contribution in [1.29, 1.82) is 0 Å². The third-order valence-electron chi connectivity index (χ3n) is 3.54. The molecule has 1 saturated carbocycles. The zero-order chi connectivity index (χ0) is 15.3. The van der Waals surface area contributed by atoms with Gasteiger partial charge < -0.3 is 20.5 Å². The molecule has 1 aliphatic carbocycles. The first-order valence-corrected chi connectivity index (χ1v) is 6.70. The number of para-hydroxylation sites is 1. The van der Waals surface area contributed by atoms with Crippen molar-refractivity contribution in [2.24, 2.45) is 5.41 Å². The Morgan fingerprint density at radius 3 is 2.67 bits per heavy atom. The van der Waals surface area contributed by atoms with Crippen LogP contribution in [0.2, 0.25) is 0 Å². The fourth-order valence-electron chi connectivity index (χ4n) is 1.93. The van der Waals surface area contributed by atoms with Gasteiger partial charge in [-0.1, -0.05) is 18.2 Å². The Morgan fingerprint density at radius 1 is 1.33 bits per heavy atom. The molecule has 1 aromatic rings. The van der Waals surface area contributed by atoms with E-state index in [2.05, 4.69) is 15.4 Å². The number of amides is 2. The Hall–Kier alpha value is -1.89. The molecule has 2 rings (SSSR count). The van der Waals surface area contributed by atoms with Crippen LogP contribution in [0.1, 0.15) is 18.4 Å². The number of hydrogen-bond donors (Lipinski definition) is 3. The fourth-order valence-corrected chi connectivity index (χ4v) is 1.93. The lowest BCUT2D eigenvalue weighted by Crippen LogP contribution is -2.39. The number of hydrogen-bond acceptors (Lipinski definition) is 3. The number of alkyl halides is 2. The van der Waals surface area contributed by atoms with Crippen molar-refractivity contribution >= 4 is 6.03 Å². The molecule has 0 aromatic heterocycles. The molecule has 0 aliphatic heterocycles. The van der Waals surface area contributed by atoms with E-state index in [0.717, 1.165) is 12.8 Å². The van der Waals surface area contributed by atoms with Crippen LogP contribution in [0.5, 0.6) is 5.75 Å². The normalized spacial score (nSPS) is 15.6. The summed E-state index contributed by atoms with van der Waals surface area (Å²) in [4.78, 5) is 11.6. The highest BCUT2D eigenvalue weighted by atomic mass is 19.3. The molecule has 0 spiro atoms. The number of ether oxygens (including phenoxy) is 1. The van der Waals surface area contributed by atoms with Gasteiger partial charge in [-0.3, -0.25) is 0 Å². The van der Waals surface area contributed by atoms with E-state index in [1.54, 1.807) is 18.2 Å². The molecule has 0 unspecified atom stereocenters. The number of carbonyl (C=O) groups is 1. The zero-order valence-electron chi connectivity index (χ0n) is 11.4. The van der Waals surface area contributed by atoms with Crippen LogP contribution < -0.4 is 15.4 Å². The summed E-state index contributed by atoms with van der Waals surface area (Å²) in [7, 11) is 0. The van der Waals surface area contributed by atoms with E-state index in [0.29, 0.717) is 12.1 Å². The second kappa shape index (κ2) is 6.71. The molecule has 5 nitrogen and oxygen atoms in total. The smallest absolute Gasteiger partial charge is 0.387 e. The molecule has 1 fully saturated rings. The monoisotopic (exact) mass is 300 g/mol. The van der Waals surface area contributed by atoms with Crippen molar-refractivity contribution in [3.8, 4) is 5.75 Å². The molecule has 0 saturated heterocycles. The van der Waals surface area contributed by atoms with Crippen LogP contribution in [-0.4, -0.2) is 30.9 Å². The third kappa shape index (κ3) is 4.56. The Balaban J connectivity index is 1.81. The topological polar surface area (TPSA) is 70.6 Å². The SMILES string of the molecule is O=C(NCc1ccccc1OC(F)F)NCC1(CO)CC1. The molecule has 1 aromatic carbocycles. The average molecular weight is 300 g/mol. The number of aliphatic hydroxyl groups is 1. The fraction of sp³-hybridized carbons (Fsp3) is 0.500. The molecular formula is C14H18F2N2O3. The van der Waals surface area contributed by atoms with Crippen molar-refractivity contribution in [3.63, 3.8) is 0 Å². The molecule has 3 N–H and O–H groups in total. The van der Waals surface area contributed by atoms with E-state index in [1.807, 2.05) is 0 Å². The van der Waals surface area contributed by atoms with Gasteiger partial charge >= 0.3 is 12.6 Å². The molecule has 116 valence electrons. The van der Waals surface area contributed by atoms with E-state index < -0.39 is 12.6 Å². The summed E-state index contributed by atoms with van der Waals surface area (Å²) in [6.45, 7) is -2.36. The number of urea groups is 1. The molecule has 0 radical (unpaired) electrons. The summed E-state index contributed by atoms with van der Waals surface area (Å²) in [5, 5.41) is 14.4. The van der Waals surface area contributed by atoms with Gasteiger partial charge in [-0.05, 0) is 18.9 Å². The van der Waals surface area contributed by atoms with Gasteiger partial charge in [0.2, 0.25) is 0 Å². The van der Waals surface area contributed by atoms with Crippen LogP contribution in [0.15, 0.2) is 24.3 Å². The van der Waals surface area contributed by atoms with Gasteiger partial charge in [0.05, 0.1) is 6.61 Å². The quantitative estimate of drug-likeness (QED) is 0.720. The lowest BCUT2D eigenvalue weighted by Gasteiger charge is -2.14. The molecule has 21 heavy (non-hydrogen) atoms. The van der Waals surface area contributed by atoms with E-state index in [-0.39, 0.29) is 24.3 Å². The number of aliphatic hydroxyl groups excluding tert-OH is 1. The predicted molar refractivity (Wildman–Crippen MR) is 72.1 cm³/mol. The van der Waals surface area contributed by atoms with Crippen LogP contribution in [0, 0.1) is 5.41 Å². The average Bonchev–Trinajstić information content (AvgIpc) is 3.24. The van der Waals surface area contributed by atoms with Gasteiger partial charge in [-0.15, -0.1) is 0 Å². The highest BCUT2D eigenvalue weighted by Gasteiger charge is 2.42. The third-order valence-corrected chi connectivity index (χ3v) is 3.54. The van der Waals surface area contributed by atoms with Crippen LogP contribution in [0.4, 0.5) is 13.6 Å². The van der Waals surface area contributed by atoms with E-state index in [9.17, 15) is 13.6 Å². The lowest BCUT2D eigenvalue weighted by molar-refractivity contribution is -0.0504. The zero-order valence-corrected chi connectivity index (χ0v) is 11.4. The number of nitrogens with one attached hydrogen (secondary N) is 2.